The number of aryl methyl sites for hydroxylation is 2. The molecule has 3 nitrogen and oxygen atoms in total. The van der Waals surface area contributed by atoms with Gasteiger partial charge in [-0.05, 0) is 59.8 Å². The number of nitrogens with one attached hydrogen (secondary N) is 3. The molecule has 0 bridgehead atoms. The van der Waals surface area contributed by atoms with Crippen molar-refractivity contribution in [3.8, 4) is 0 Å². The van der Waals surface area contributed by atoms with Crippen molar-refractivity contribution in [1.29, 1.82) is 0 Å². The first-order chi connectivity index (χ1) is 15.5. The Bertz CT molecular complexity index is 780. The van der Waals surface area contributed by atoms with Gasteiger partial charge in [0.1, 0.15) is 0 Å². The summed E-state index contributed by atoms with van der Waals surface area (Å²) in [5.41, 5.74) is 11.1. The predicted octanol–water partition coefficient (Wildman–Crippen LogP) is 1.92. The van der Waals surface area contributed by atoms with Crippen LogP contribution < -0.4 is 40.8 Å². The Hall–Kier alpha value is -0.901. The third kappa shape index (κ3) is 10.5. The number of rotatable bonds is 12. The summed E-state index contributed by atoms with van der Waals surface area (Å²) in [7, 11) is 0. The van der Waals surface area contributed by atoms with Crippen molar-refractivity contribution >= 4 is 11.4 Å². The molecular formula is C30H49Cl2MnN3. The van der Waals surface area contributed by atoms with Crippen molar-refractivity contribution in [1.82, 2.24) is 5.32 Å². The molecule has 0 saturated heterocycles. The normalized spacial score (nSPS) is 10.8. The smallest absolute Gasteiger partial charge is 1.00 e. The van der Waals surface area contributed by atoms with E-state index >= 15 is 0 Å². The maximum Gasteiger partial charge on any atom is 2.00 e. The molecular weight excluding hydrogens is 528 g/mol. The average molecular weight is 578 g/mol. The quantitative estimate of drug-likeness (QED) is 0.267. The van der Waals surface area contributed by atoms with E-state index in [1.807, 2.05) is 0 Å². The summed E-state index contributed by atoms with van der Waals surface area (Å²) < 4.78 is 0. The Kier molecular flexibility index (Phi) is 18.2. The molecule has 0 fully saturated rings. The van der Waals surface area contributed by atoms with Gasteiger partial charge in [0.2, 0.25) is 0 Å². The van der Waals surface area contributed by atoms with Crippen molar-refractivity contribution < 1.29 is 41.9 Å². The Labute approximate surface area is 245 Å². The van der Waals surface area contributed by atoms with Crippen molar-refractivity contribution in [2.75, 3.05) is 36.8 Å². The van der Waals surface area contributed by atoms with E-state index in [1.54, 1.807) is 0 Å². The number of anilines is 2. The average Bonchev–Trinajstić information content (AvgIpc) is 2.73. The fraction of sp³-hybridized carbons (Fsp3) is 0.600. The first-order valence-corrected chi connectivity index (χ1v) is 13.0. The van der Waals surface area contributed by atoms with Gasteiger partial charge < -0.3 is 40.8 Å². The topological polar surface area (TPSA) is 36.1 Å². The molecule has 6 heteroatoms. The molecule has 0 aliphatic carbocycles. The second kappa shape index (κ2) is 17.6. The standard InChI is InChI=1S/C30H49N3.2ClH.Mn/c1-19(2)25-15-23(9)16-26(20(3)4)29(25)32-13-11-31-12-14-33-30-27(21(5)6)17-24(10)18-28(30)22(7)8;;;/h15-22,31-33H,11-14H2,1-10H3;2*1H;/q;;;+2/p-2. The van der Waals surface area contributed by atoms with E-state index in [2.05, 4.69) is 109 Å². The maximum atomic E-state index is 3.75. The third-order valence-corrected chi connectivity index (χ3v) is 6.38. The number of benzene rings is 2. The van der Waals surface area contributed by atoms with Crippen molar-refractivity contribution in [2.45, 2.75) is 92.9 Å². The van der Waals surface area contributed by atoms with Crippen LogP contribution in [0.15, 0.2) is 24.3 Å². The zero-order valence-corrected chi connectivity index (χ0v) is 26.8. The van der Waals surface area contributed by atoms with Crippen molar-refractivity contribution in [3.05, 3.63) is 57.6 Å². The molecule has 3 N–H and O–H groups in total. The molecule has 2 aromatic rings. The second-order valence-electron chi connectivity index (χ2n) is 10.9. The minimum absolute atomic E-state index is 0. The van der Waals surface area contributed by atoms with Gasteiger partial charge in [-0.3, -0.25) is 0 Å². The molecule has 0 saturated carbocycles. The minimum atomic E-state index is 0. The molecule has 2 rings (SSSR count). The van der Waals surface area contributed by atoms with E-state index in [9.17, 15) is 0 Å². The number of hydrogen-bond acceptors (Lipinski definition) is 3. The summed E-state index contributed by atoms with van der Waals surface area (Å²) in [6, 6.07) is 9.37. The van der Waals surface area contributed by atoms with E-state index in [0.29, 0.717) is 23.7 Å². The minimum Gasteiger partial charge on any atom is -1.00 e. The van der Waals surface area contributed by atoms with Crippen LogP contribution in [0.5, 0.6) is 0 Å². The van der Waals surface area contributed by atoms with E-state index in [4.69, 9.17) is 0 Å². The molecule has 2 aromatic carbocycles. The monoisotopic (exact) mass is 576 g/mol. The van der Waals surface area contributed by atoms with Gasteiger partial charge in [-0.15, -0.1) is 0 Å². The van der Waals surface area contributed by atoms with Gasteiger partial charge in [-0.1, -0.05) is 90.8 Å². The largest absolute Gasteiger partial charge is 2.00 e. The van der Waals surface area contributed by atoms with Crippen molar-refractivity contribution in [3.63, 3.8) is 0 Å². The first-order valence-electron chi connectivity index (χ1n) is 13.0. The second-order valence-corrected chi connectivity index (χ2v) is 10.9. The van der Waals surface area contributed by atoms with Crippen LogP contribution in [0.3, 0.4) is 0 Å². The van der Waals surface area contributed by atoms with Crippen LogP contribution in [0.25, 0.3) is 0 Å². The summed E-state index contributed by atoms with van der Waals surface area (Å²) in [5, 5.41) is 11.1. The van der Waals surface area contributed by atoms with Crippen LogP contribution in [-0.2, 0) is 17.1 Å². The summed E-state index contributed by atoms with van der Waals surface area (Å²) in [6.45, 7) is 26.5. The molecule has 0 spiro atoms. The zero-order valence-electron chi connectivity index (χ0n) is 24.1. The fourth-order valence-corrected chi connectivity index (χ4v) is 4.59. The van der Waals surface area contributed by atoms with Crippen LogP contribution in [-0.4, -0.2) is 26.2 Å². The van der Waals surface area contributed by atoms with Gasteiger partial charge in [0, 0.05) is 37.6 Å². The predicted molar refractivity (Wildman–Crippen MR) is 149 cm³/mol. The van der Waals surface area contributed by atoms with Gasteiger partial charge in [-0.2, -0.15) is 0 Å². The number of halogens is 2. The first kappa shape index (κ1) is 37.3. The SMILES string of the molecule is Cc1cc(C(C)C)c(NCCNCCNc2c(C(C)C)cc(C)cc2C(C)C)c(C(C)C)c1.[Cl-].[Cl-].[Mn+2]. The van der Waals surface area contributed by atoms with Crippen LogP contribution in [0.2, 0.25) is 0 Å². The molecule has 0 heterocycles. The Morgan fingerprint density at radius 3 is 0.972 bits per heavy atom. The summed E-state index contributed by atoms with van der Waals surface area (Å²) >= 11 is 0. The van der Waals surface area contributed by atoms with Gasteiger partial charge in [0.15, 0.2) is 0 Å². The fourth-order valence-electron chi connectivity index (χ4n) is 4.59. The van der Waals surface area contributed by atoms with E-state index in [1.165, 1.54) is 44.8 Å². The Morgan fingerprint density at radius 2 is 0.750 bits per heavy atom. The van der Waals surface area contributed by atoms with Gasteiger partial charge >= 0.3 is 17.1 Å². The molecule has 36 heavy (non-hydrogen) atoms. The summed E-state index contributed by atoms with van der Waals surface area (Å²) in [6.07, 6.45) is 0. The Balaban J connectivity index is 0. The Morgan fingerprint density at radius 1 is 0.500 bits per heavy atom. The van der Waals surface area contributed by atoms with Gasteiger partial charge in [0.25, 0.3) is 0 Å². The van der Waals surface area contributed by atoms with Crippen molar-refractivity contribution in [2.24, 2.45) is 0 Å². The molecule has 0 aliphatic rings. The van der Waals surface area contributed by atoms with Crippen LogP contribution >= 0.6 is 0 Å². The molecule has 1 radical (unpaired) electrons. The molecule has 0 aliphatic heterocycles. The summed E-state index contributed by atoms with van der Waals surface area (Å²) in [4.78, 5) is 0. The van der Waals surface area contributed by atoms with E-state index < -0.39 is 0 Å². The molecule has 0 atom stereocenters. The third-order valence-electron chi connectivity index (χ3n) is 6.38. The summed E-state index contributed by atoms with van der Waals surface area (Å²) in [5.74, 6) is 2.06. The number of hydrogen-bond donors (Lipinski definition) is 3. The molecule has 0 amide bonds. The van der Waals surface area contributed by atoms with Crippen LogP contribution in [0, 0.1) is 13.8 Å². The maximum absolute atomic E-state index is 3.75. The van der Waals surface area contributed by atoms with Gasteiger partial charge in [0.05, 0.1) is 0 Å². The van der Waals surface area contributed by atoms with E-state index in [0.717, 1.165) is 26.2 Å². The van der Waals surface area contributed by atoms with E-state index in [-0.39, 0.29) is 41.9 Å². The molecule has 0 aromatic heterocycles. The molecule has 0 unspecified atom stereocenters. The van der Waals surface area contributed by atoms with Crippen LogP contribution in [0.4, 0.5) is 11.4 Å². The zero-order chi connectivity index (χ0) is 24.7. The van der Waals surface area contributed by atoms with Crippen LogP contribution in [0.1, 0.15) is 112 Å². The van der Waals surface area contributed by atoms with Gasteiger partial charge in [-0.25, -0.2) is 0 Å². The molecule has 205 valence electrons.